The summed E-state index contributed by atoms with van der Waals surface area (Å²) in [4.78, 5) is 11.4. The molecule has 1 amide bonds. The zero-order chi connectivity index (χ0) is 15.6. The van der Waals surface area contributed by atoms with E-state index >= 15 is 0 Å². The van der Waals surface area contributed by atoms with E-state index in [1.807, 2.05) is 0 Å². The molecule has 1 fully saturated rings. The summed E-state index contributed by atoms with van der Waals surface area (Å²) in [6.07, 6.45) is 1.75. The molecular formula is C14H13F3N2OS. The topological polar surface area (TPSA) is 52.9 Å². The maximum absolute atomic E-state index is 13.4. The van der Waals surface area contributed by atoms with Gasteiger partial charge in [-0.3, -0.25) is 4.79 Å². The number of halogens is 3. The third-order valence-electron chi connectivity index (χ3n) is 3.34. The lowest BCUT2D eigenvalue weighted by molar-refractivity contribution is -0.119. The first-order chi connectivity index (χ1) is 9.85. The Morgan fingerprint density at radius 3 is 2.48 bits per heavy atom. The first-order valence-electron chi connectivity index (χ1n) is 6.35. The third kappa shape index (κ3) is 3.70. The monoisotopic (exact) mass is 314 g/mol. The molecule has 0 heterocycles. The molecule has 1 aliphatic rings. The van der Waals surface area contributed by atoms with Gasteiger partial charge in [0.05, 0.1) is 16.7 Å². The molecule has 1 aromatic rings. The van der Waals surface area contributed by atoms with E-state index in [-0.39, 0.29) is 11.7 Å². The Morgan fingerprint density at radius 2 is 2.00 bits per heavy atom. The fourth-order valence-electron chi connectivity index (χ4n) is 2.01. The summed E-state index contributed by atoms with van der Waals surface area (Å²) in [6, 6.07) is 3.19. The molecule has 1 saturated carbocycles. The van der Waals surface area contributed by atoms with E-state index in [2.05, 4.69) is 11.4 Å². The van der Waals surface area contributed by atoms with Crippen LogP contribution in [0.4, 0.5) is 13.2 Å². The quantitative estimate of drug-likeness (QED) is 0.850. The normalized spacial score (nSPS) is 16.9. The Bertz CT molecular complexity index is 590. The lowest BCUT2D eigenvalue weighted by Gasteiger charge is -2.22. The lowest BCUT2D eigenvalue weighted by Crippen LogP contribution is -2.47. The summed E-state index contributed by atoms with van der Waals surface area (Å²) in [5, 5.41) is 11.7. The third-order valence-corrected chi connectivity index (χ3v) is 4.42. The molecular weight excluding hydrogens is 301 g/mol. The molecule has 1 N–H and O–H groups in total. The van der Waals surface area contributed by atoms with Crippen LogP contribution < -0.4 is 5.32 Å². The van der Waals surface area contributed by atoms with E-state index in [0.29, 0.717) is 23.9 Å². The molecule has 7 heteroatoms. The fourth-order valence-corrected chi connectivity index (χ4v) is 2.75. The van der Waals surface area contributed by atoms with Crippen molar-refractivity contribution in [1.29, 1.82) is 5.26 Å². The van der Waals surface area contributed by atoms with Gasteiger partial charge in [-0.1, -0.05) is 0 Å². The van der Waals surface area contributed by atoms with Crippen LogP contribution in [0.2, 0.25) is 0 Å². The smallest absolute Gasteiger partial charge is 0.231 e. The standard InChI is InChI=1S/C14H13F3N2OS/c1-14(7-18,8-2-3-8)19-12(20)6-21-13-10(16)4-9(15)5-11(13)17/h4-5,8H,2-3,6H2,1H3,(H,19,20)/t14-/m0/s1. The molecule has 0 spiro atoms. The number of nitrogens with zero attached hydrogens (tertiary/aromatic N) is 1. The summed E-state index contributed by atoms with van der Waals surface area (Å²) < 4.78 is 39.6. The highest BCUT2D eigenvalue weighted by Crippen LogP contribution is 2.39. The zero-order valence-corrected chi connectivity index (χ0v) is 12.1. The van der Waals surface area contributed by atoms with Crippen molar-refractivity contribution in [3.05, 3.63) is 29.6 Å². The van der Waals surface area contributed by atoms with Crippen LogP contribution in [0.3, 0.4) is 0 Å². The van der Waals surface area contributed by atoms with E-state index in [9.17, 15) is 18.0 Å². The predicted molar refractivity (Wildman–Crippen MR) is 71.9 cm³/mol. The molecule has 0 saturated heterocycles. The highest BCUT2D eigenvalue weighted by Gasteiger charge is 2.42. The van der Waals surface area contributed by atoms with Crippen LogP contribution in [0.25, 0.3) is 0 Å². The minimum atomic E-state index is -1.05. The second kappa shape index (κ2) is 5.98. The van der Waals surface area contributed by atoms with Gasteiger partial charge in [0.15, 0.2) is 0 Å². The summed E-state index contributed by atoms with van der Waals surface area (Å²) in [6.45, 7) is 1.63. The number of benzene rings is 1. The van der Waals surface area contributed by atoms with E-state index in [0.717, 1.165) is 12.8 Å². The Morgan fingerprint density at radius 1 is 1.43 bits per heavy atom. The largest absolute Gasteiger partial charge is 0.337 e. The van der Waals surface area contributed by atoms with Crippen LogP contribution >= 0.6 is 11.8 Å². The Labute approximate surface area is 124 Å². The van der Waals surface area contributed by atoms with Crippen molar-refractivity contribution in [1.82, 2.24) is 5.32 Å². The maximum atomic E-state index is 13.4. The second-order valence-electron chi connectivity index (χ2n) is 5.12. The van der Waals surface area contributed by atoms with Crippen molar-refractivity contribution in [2.45, 2.75) is 30.2 Å². The number of rotatable bonds is 5. The van der Waals surface area contributed by atoms with Gasteiger partial charge in [0.1, 0.15) is 23.0 Å². The molecule has 0 radical (unpaired) electrons. The molecule has 1 aliphatic carbocycles. The van der Waals surface area contributed by atoms with Crippen LogP contribution in [-0.4, -0.2) is 17.2 Å². The zero-order valence-electron chi connectivity index (χ0n) is 11.3. The van der Waals surface area contributed by atoms with E-state index in [4.69, 9.17) is 5.26 Å². The van der Waals surface area contributed by atoms with Gasteiger partial charge < -0.3 is 5.32 Å². The van der Waals surface area contributed by atoms with Gasteiger partial charge in [-0.2, -0.15) is 5.26 Å². The van der Waals surface area contributed by atoms with Crippen molar-refractivity contribution in [2.75, 3.05) is 5.75 Å². The Balaban J connectivity index is 1.97. The minimum absolute atomic E-state index is 0.121. The molecule has 3 nitrogen and oxygen atoms in total. The second-order valence-corrected chi connectivity index (χ2v) is 6.11. The van der Waals surface area contributed by atoms with Gasteiger partial charge in [0.25, 0.3) is 0 Å². The summed E-state index contributed by atoms with van der Waals surface area (Å²) in [5.74, 6) is -3.71. The van der Waals surface area contributed by atoms with E-state index < -0.39 is 33.8 Å². The number of carbonyl (C=O) groups excluding carboxylic acids is 1. The number of thioether (sulfide) groups is 1. The Kier molecular flexibility index (Phi) is 4.47. The molecule has 0 aliphatic heterocycles. The molecule has 0 bridgehead atoms. The van der Waals surface area contributed by atoms with Crippen LogP contribution in [0.15, 0.2) is 17.0 Å². The lowest BCUT2D eigenvalue weighted by atomic mass is 9.98. The molecule has 1 atom stereocenters. The van der Waals surface area contributed by atoms with Crippen LogP contribution in [0.1, 0.15) is 19.8 Å². The number of amides is 1. The van der Waals surface area contributed by atoms with Gasteiger partial charge in [-0.25, -0.2) is 13.2 Å². The molecule has 0 unspecified atom stereocenters. The van der Waals surface area contributed by atoms with Gasteiger partial charge >= 0.3 is 0 Å². The van der Waals surface area contributed by atoms with Crippen LogP contribution in [0, 0.1) is 34.7 Å². The summed E-state index contributed by atoms with van der Waals surface area (Å²) in [7, 11) is 0. The average molecular weight is 314 g/mol. The number of hydrogen-bond donors (Lipinski definition) is 1. The highest BCUT2D eigenvalue weighted by molar-refractivity contribution is 8.00. The van der Waals surface area contributed by atoms with Crippen LogP contribution in [0.5, 0.6) is 0 Å². The van der Waals surface area contributed by atoms with Crippen molar-refractivity contribution < 1.29 is 18.0 Å². The Hall–Kier alpha value is -1.68. The van der Waals surface area contributed by atoms with E-state index in [1.165, 1.54) is 0 Å². The number of hydrogen-bond acceptors (Lipinski definition) is 3. The first-order valence-corrected chi connectivity index (χ1v) is 7.34. The first kappa shape index (κ1) is 15.7. The molecule has 1 aromatic carbocycles. The molecule has 112 valence electrons. The molecule has 2 rings (SSSR count). The summed E-state index contributed by atoms with van der Waals surface area (Å²) >= 11 is 0.636. The van der Waals surface area contributed by atoms with E-state index in [1.54, 1.807) is 6.92 Å². The molecule has 21 heavy (non-hydrogen) atoms. The average Bonchev–Trinajstić information content (AvgIpc) is 3.21. The van der Waals surface area contributed by atoms with Crippen molar-refractivity contribution in [2.24, 2.45) is 5.92 Å². The van der Waals surface area contributed by atoms with Crippen molar-refractivity contribution >= 4 is 17.7 Å². The van der Waals surface area contributed by atoms with Gasteiger partial charge in [-0.15, -0.1) is 11.8 Å². The summed E-state index contributed by atoms with van der Waals surface area (Å²) in [5.41, 5.74) is -0.947. The van der Waals surface area contributed by atoms with Crippen molar-refractivity contribution in [3.63, 3.8) is 0 Å². The number of nitrogens with one attached hydrogen (secondary N) is 1. The number of carbonyl (C=O) groups is 1. The van der Waals surface area contributed by atoms with Gasteiger partial charge in [0, 0.05) is 12.1 Å². The van der Waals surface area contributed by atoms with Gasteiger partial charge in [0.2, 0.25) is 5.91 Å². The number of nitriles is 1. The SMILES string of the molecule is C[C@@](C#N)(NC(=O)CSc1c(F)cc(F)cc1F)C1CC1. The van der Waals surface area contributed by atoms with Crippen molar-refractivity contribution in [3.8, 4) is 6.07 Å². The van der Waals surface area contributed by atoms with Gasteiger partial charge in [-0.05, 0) is 25.7 Å². The predicted octanol–water partition coefficient (Wildman–Crippen LogP) is 3.00. The fraction of sp³-hybridized carbons (Fsp3) is 0.429. The minimum Gasteiger partial charge on any atom is -0.337 e. The highest BCUT2D eigenvalue weighted by atomic mass is 32.2. The van der Waals surface area contributed by atoms with Crippen LogP contribution in [-0.2, 0) is 4.79 Å². The molecule has 0 aromatic heterocycles. The maximum Gasteiger partial charge on any atom is 0.231 e.